The van der Waals surface area contributed by atoms with Crippen molar-refractivity contribution in [2.45, 2.75) is 39.4 Å². The van der Waals surface area contributed by atoms with E-state index in [2.05, 4.69) is 75.1 Å². The first-order chi connectivity index (χ1) is 12.3. The number of carbonyl (C=O) groups is 1. The van der Waals surface area contributed by atoms with Gasteiger partial charge in [-0.2, -0.15) is 0 Å². The number of rotatable bonds is 8. The second kappa shape index (κ2) is 8.95. The van der Waals surface area contributed by atoms with Crippen LogP contribution in [0.2, 0.25) is 19.6 Å². The van der Waals surface area contributed by atoms with E-state index < -0.39 is 8.07 Å². The summed E-state index contributed by atoms with van der Waals surface area (Å²) in [6, 6.07) is 20.5. The van der Waals surface area contributed by atoms with E-state index in [1.165, 1.54) is 11.1 Å². The van der Waals surface area contributed by atoms with Crippen molar-refractivity contribution in [3.8, 4) is 0 Å². The summed E-state index contributed by atoms with van der Waals surface area (Å²) >= 11 is 0. The average molecular weight is 363 g/mol. The Morgan fingerprint density at radius 3 is 1.54 bits per heavy atom. The van der Waals surface area contributed by atoms with Crippen LogP contribution in [0.4, 0.5) is 0 Å². The summed E-state index contributed by atoms with van der Waals surface area (Å²) in [5.41, 5.74) is 2.01. The maximum Gasteiger partial charge on any atom is 0.124 e. The number of allylic oxidation sites excluding steroid dienone is 2. The second-order valence-corrected chi connectivity index (χ2v) is 13.1. The van der Waals surface area contributed by atoms with Crippen LogP contribution in [-0.2, 0) is 4.79 Å². The molecule has 0 heterocycles. The van der Waals surface area contributed by atoms with Crippen molar-refractivity contribution < 1.29 is 4.79 Å². The number of carbonyl (C=O) groups excluding carboxylic acids is 1. The van der Waals surface area contributed by atoms with Gasteiger partial charge in [-0.25, -0.2) is 0 Å². The number of hydrogen-bond acceptors (Lipinski definition) is 1. The molecule has 0 atom stereocenters. The lowest BCUT2D eigenvalue weighted by molar-refractivity contribution is -0.120. The van der Waals surface area contributed by atoms with Gasteiger partial charge >= 0.3 is 0 Å². The molecule has 0 bridgehead atoms. The van der Waals surface area contributed by atoms with Crippen molar-refractivity contribution in [3.63, 3.8) is 0 Å². The second-order valence-electron chi connectivity index (χ2n) is 8.17. The Bertz CT molecular complexity index is 700. The van der Waals surface area contributed by atoms with Gasteiger partial charge in [0.05, 0.1) is 0 Å². The van der Waals surface area contributed by atoms with E-state index in [-0.39, 0.29) is 5.41 Å². The molecule has 0 N–H and O–H groups in total. The molecule has 2 heteroatoms. The molecule has 0 saturated carbocycles. The molecule has 136 valence electrons. The quantitative estimate of drug-likeness (QED) is 0.481. The van der Waals surface area contributed by atoms with Crippen molar-refractivity contribution in [2.24, 2.45) is 5.41 Å². The number of hydrogen-bond donors (Lipinski definition) is 0. The minimum Gasteiger partial charge on any atom is -0.305 e. The van der Waals surface area contributed by atoms with Gasteiger partial charge in [-0.3, -0.25) is 0 Å². The van der Waals surface area contributed by atoms with Gasteiger partial charge in [-0.05, 0) is 24.0 Å². The van der Waals surface area contributed by atoms with Crippen LogP contribution in [0.1, 0.15) is 30.9 Å². The first kappa shape index (κ1) is 20.1. The summed E-state index contributed by atoms with van der Waals surface area (Å²) in [6.07, 6.45) is 10.1. The fourth-order valence-corrected chi connectivity index (χ4v) is 5.23. The standard InChI is InChI=1S/C24H30OSi/c1-24(23(25)26(2,3)4,19-11-17-21-13-7-5-8-14-21)20-12-18-22-15-9-6-10-16-22/h5-18H,19-20H2,1-4H3/b17-11+,18-12+. The highest BCUT2D eigenvalue weighted by molar-refractivity contribution is 7.04. The zero-order valence-electron chi connectivity index (χ0n) is 16.4. The zero-order valence-corrected chi connectivity index (χ0v) is 17.4. The van der Waals surface area contributed by atoms with Crippen molar-refractivity contribution >= 4 is 25.6 Å². The van der Waals surface area contributed by atoms with E-state index in [4.69, 9.17) is 0 Å². The van der Waals surface area contributed by atoms with E-state index in [9.17, 15) is 4.79 Å². The molecule has 0 aliphatic rings. The maximum atomic E-state index is 13.2. The minimum atomic E-state index is -1.86. The van der Waals surface area contributed by atoms with E-state index in [1.54, 1.807) is 0 Å². The summed E-state index contributed by atoms with van der Waals surface area (Å²) in [5, 5.41) is 0.445. The third kappa shape index (κ3) is 5.96. The molecule has 0 saturated heterocycles. The molecule has 0 aliphatic heterocycles. The highest BCUT2D eigenvalue weighted by atomic mass is 28.3. The third-order valence-corrected chi connectivity index (χ3v) is 6.55. The van der Waals surface area contributed by atoms with Crippen LogP contribution in [0.3, 0.4) is 0 Å². The first-order valence-corrected chi connectivity index (χ1v) is 12.8. The molecule has 2 aromatic rings. The molecule has 0 fully saturated rings. The van der Waals surface area contributed by atoms with Gasteiger partial charge < -0.3 is 4.79 Å². The molecule has 0 spiro atoms. The normalized spacial score (nSPS) is 12.8. The summed E-state index contributed by atoms with van der Waals surface area (Å²) < 4.78 is 0. The van der Waals surface area contributed by atoms with E-state index in [1.807, 2.05) is 36.4 Å². The highest BCUT2D eigenvalue weighted by Crippen LogP contribution is 2.33. The zero-order chi connectivity index (χ0) is 19.0. The predicted octanol–water partition coefficient (Wildman–Crippen LogP) is 6.65. The van der Waals surface area contributed by atoms with Crippen LogP contribution in [-0.4, -0.2) is 13.5 Å². The molecule has 2 aromatic carbocycles. The third-order valence-electron chi connectivity index (χ3n) is 4.59. The monoisotopic (exact) mass is 362 g/mol. The molecule has 0 amide bonds. The Labute approximate surface area is 159 Å². The summed E-state index contributed by atoms with van der Waals surface area (Å²) in [6.45, 7) is 8.57. The van der Waals surface area contributed by atoms with Crippen molar-refractivity contribution in [3.05, 3.63) is 83.9 Å². The molecule has 0 aromatic heterocycles. The summed E-state index contributed by atoms with van der Waals surface area (Å²) in [4.78, 5) is 13.2. The summed E-state index contributed by atoms with van der Waals surface area (Å²) in [7, 11) is -1.86. The molecular formula is C24H30OSi. The molecular weight excluding hydrogens is 332 g/mol. The Hall–Kier alpha value is -2.19. The van der Waals surface area contributed by atoms with Gasteiger partial charge in [0, 0.05) is 5.41 Å². The van der Waals surface area contributed by atoms with Gasteiger partial charge in [0.15, 0.2) is 0 Å². The van der Waals surface area contributed by atoms with E-state index in [0.717, 1.165) is 12.8 Å². The van der Waals surface area contributed by atoms with Gasteiger partial charge in [-0.15, -0.1) is 0 Å². The van der Waals surface area contributed by atoms with Gasteiger partial charge in [0.2, 0.25) is 0 Å². The Balaban J connectivity index is 2.15. The van der Waals surface area contributed by atoms with Crippen molar-refractivity contribution in [1.29, 1.82) is 0 Å². The summed E-state index contributed by atoms with van der Waals surface area (Å²) in [5.74, 6) is 0. The first-order valence-electron chi connectivity index (χ1n) is 9.29. The van der Waals surface area contributed by atoms with E-state index >= 15 is 0 Å². The lowest BCUT2D eigenvalue weighted by Gasteiger charge is -2.32. The highest BCUT2D eigenvalue weighted by Gasteiger charge is 2.39. The maximum absolute atomic E-state index is 13.2. The van der Waals surface area contributed by atoms with Crippen LogP contribution in [0.5, 0.6) is 0 Å². The Kier molecular flexibility index (Phi) is 6.93. The van der Waals surface area contributed by atoms with Crippen LogP contribution in [0.25, 0.3) is 12.2 Å². The fourth-order valence-electron chi connectivity index (χ4n) is 3.21. The van der Waals surface area contributed by atoms with E-state index in [0.29, 0.717) is 5.41 Å². The molecule has 1 nitrogen and oxygen atoms in total. The van der Waals surface area contributed by atoms with Crippen LogP contribution in [0, 0.1) is 5.41 Å². The largest absolute Gasteiger partial charge is 0.305 e. The van der Waals surface area contributed by atoms with Crippen LogP contribution in [0.15, 0.2) is 72.8 Å². The fraction of sp³-hybridized carbons (Fsp3) is 0.292. The van der Waals surface area contributed by atoms with Crippen LogP contribution >= 0.6 is 0 Å². The lowest BCUT2D eigenvalue weighted by atomic mass is 9.84. The van der Waals surface area contributed by atoms with Gasteiger partial charge in [0.25, 0.3) is 0 Å². The molecule has 0 radical (unpaired) electrons. The molecule has 0 unspecified atom stereocenters. The molecule has 26 heavy (non-hydrogen) atoms. The molecule has 0 aliphatic carbocycles. The Morgan fingerprint density at radius 1 is 0.808 bits per heavy atom. The van der Waals surface area contributed by atoms with Gasteiger partial charge in [-0.1, -0.05) is 112 Å². The van der Waals surface area contributed by atoms with Crippen LogP contribution < -0.4 is 0 Å². The minimum absolute atomic E-state index is 0.346. The van der Waals surface area contributed by atoms with Crippen molar-refractivity contribution in [2.75, 3.05) is 0 Å². The number of benzene rings is 2. The molecule has 2 rings (SSSR count). The lowest BCUT2D eigenvalue weighted by Crippen LogP contribution is -2.44. The predicted molar refractivity (Wildman–Crippen MR) is 117 cm³/mol. The Morgan fingerprint density at radius 2 is 1.19 bits per heavy atom. The van der Waals surface area contributed by atoms with Gasteiger partial charge in [0.1, 0.15) is 13.5 Å². The topological polar surface area (TPSA) is 17.1 Å². The average Bonchev–Trinajstić information content (AvgIpc) is 2.62. The smallest absolute Gasteiger partial charge is 0.124 e. The SMILES string of the molecule is CC(C/C=C/c1ccccc1)(C/C=C/c1ccccc1)C(=O)[Si](C)(C)C. The van der Waals surface area contributed by atoms with Crippen molar-refractivity contribution in [1.82, 2.24) is 0 Å².